The van der Waals surface area contributed by atoms with Crippen LogP contribution in [0.4, 0.5) is 4.39 Å². The zero-order valence-electron chi connectivity index (χ0n) is 9.31. The van der Waals surface area contributed by atoms with E-state index in [-0.39, 0.29) is 5.82 Å². The molecule has 0 aliphatic heterocycles. The molecule has 1 fully saturated rings. The molecule has 0 heterocycles. The molecule has 16 heavy (non-hydrogen) atoms. The molecule has 1 aliphatic rings. The first kappa shape index (κ1) is 13.1. The molecule has 3 nitrogen and oxygen atoms in total. The number of rotatable bonds is 2. The van der Waals surface area contributed by atoms with Gasteiger partial charge in [0, 0.05) is 0 Å². The fraction of sp³-hybridized carbons (Fsp3) is 0.455. The van der Waals surface area contributed by atoms with Crippen LogP contribution in [0.2, 0.25) is 0 Å². The van der Waals surface area contributed by atoms with Crippen LogP contribution in [0.5, 0.6) is 0 Å². The van der Waals surface area contributed by atoms with Gasteiger partial charge in [-0.1, -0.05) is 18.2 Å². The average molecular weight is 246 g/mol. The van der Waals surface area contributed by atoms with Crippen molar-refractivity contribution in [3.8, 4) is 0 Å². The van der Waals surface area contributed by atoms with E-state index < -0.39 is 10.1 Å². The van der Waals surface area contributed by atoms with Crippen LogP contribution >= 0.6 is 0 Å². The lowest BCUT2D eigenvalue weighted by Gasteiger charge is -1.96. The molecule has 1 aromatic carbocycles. The highest BCUT2D eigenvalue weighted by atomic mass is 32.2. The van der Waals surface area contributed by atoms with Crippen molar-refractivity contribution in [2.24, 2.45) is 0 Å². The summed E-state index contributed by atoms with van der Waals surface area (Å²) >= 11 is 0. The highest BCUT2D eigenvalue weighted by Gasteiger charge is 2.25. The molecule has 0 amide bonds. The van der Waals surface area contributed by atoms with E-state index in [9.17, 15) is 12.8 Å². The van der Waals surface area contributed by atoms with Crippen LogP contribution in [-0.4, -0.2) is 21.8 Å². The van der Waals surface area contributed by atoms with E-state index in [4.69, 9.17) is 0 Å². The summed E-state index contributed by atoms with van der Waals surface area (Å²) in [5.74, 6) is 0.492. The highest BCUT2D eigenvalue weighted by molar-refractivity contribution is 7.85. The maximum Gasteiger partial charge on any atom is 0.264 e. The molecule has 5 heteroatoms. The summed E-state index contributed by atoms with van der Waals surface area (Å²) in [5, 5.41) is 0. The Morgan fingerprint density at radius 1 is 1.31 bits per heavy atom. The van der Waals surface area contributed by atoms with Gasteiger partial charge in [0.1, 0.15) is 5.82 Å². The third-order valence-corrected chi connectivity index (χ3v) is 2.83. The molecule has 0 aromatic heterocycles. The molecule has 90 valence electrons. The Bertz CT molecular complexity index is 438. The van der Waals surface area contributed by atoms with Crippen LogP contribution in [0.3, 0.4) is 0 Å². The lowest BCUT2D eigenvalue weighted by Crippen LogP contribution is -1.95. The van der Waals surface area contributed by atoms with Crippen molar-refractivity contribution in [1.29, 1.82) is 0 Å². The maximum atomic E-state index is 12.9. The predicted molar refractivity (Wildman–Crippen MR) is 60.2 cm³/mol. The lowest BCUT2D eigenvalue weighted by molar-refractivity contribution is 0.403. The standard InChI is InChI=1S/C9H9F.C2H6O3S/c10-9-4-2-1-3-8(9)7-5-6-7;1-5-6(2,3)4/h1-4,7H,5-6H2;1-2H3. The summed E-state index contributed by atoms with van der Waals surface area (Å²) in [5.41, 5.74) is 0.905. The topological polar surface area (TPSA) is 43.4 Å². The van der Waals surface area contributed by atoms with Crippen LogP contribution in [-0.2, 0) is 14.3 Å². The van der Waals surface area contributed by atoms with Gasteiger partial charge >= 0.3 is 0 Å². The Morgan fingerprint density at radius 2 is 1.81 bits per heavy atom. The second-order valence-corrected chi connectivity index (χ2v) is 5.41. The summed E-state index contributed by atoms with van der Waals surface area (Å²) in [6.07, 6.45) is 3.33. The van der Waals surface area contributed by atoms with Gasteiger partial charge in [-0.05, 0) is 30.4 Å². The van der Waals surface area contributed by atoms with Crippen molar-refractivity contribution < 1.29 is 17.0 Å². The van der Waals surface area contributed by atoms with Crippen molar-refractivity contribution in [3.63, 3.8) is 0 Å². The Balaban J connectivity index is 0.000000187. The number of halogens is 1. The minimum Gasteiger partial charge on any atom is -0.274 e. The average Bonchev–Trinajstić information content (AvgIpc) is 3.02. The molecule has 1 aliphatic carbocycles. The Morgan fingerprint density at radius 3 is 2.19 bits per heavy atom. The fourth-order valence-corrected chi connectivity index (χ4v) is 1.20. The molecular weight excluding hydrogens is 231 g/mol. The Hall–Kier alpha value is -0.940. The second-order valence-electron chi connectivity index (χ2n) is 3.67. The van der Waals surface area contributed by atoms with Crippen LogP contribution in [0.25, 0.3) is 0 Å². The molecule has 0 N–H and O–H groups in total. The second kappa shape index (κ2) is 5.41. The predicted octanol–water partition coefficient (Wildman–Crippen LogP) is 2.30. The molecule has 0 saturated heterocycles. The minimum absolute atomic E-state index is 0.0370. The molecule has 0 spiro atoms. The van der Waals surface area contributed by atoms with Gasteiger partial charge in [0.2, 0.25) is 0 Å². The van der Waals surface area contributed by atoms with Gasteiger partial charge in [-0.25, -0.2) is 4.39 Å². The van der Waals surface area contributed by atoms with Crippen molar-refractivity contribution in [2.75, 3.05) is 13.4 Å². The van der Waals surface area contributed by atoms with E-state index in [0.717, 1.165) is 18.9 Å². The first-order chi connectivity index (χ1) is 7.44. The summed E-state index contributed by atoms with van der Waals surface area (Å²) in [6, 6.07) is 7.05. The van der Waals surface area contributed by atoms with Crippen molar-refractivity contribution in [3.05, 3.63) is 35.6 Å². The fourth-order valence-electron chi connectivity index (χ4n) is 1.20. The Labute approximate surface area is 95.4 Å². The van der Waals surface area contributed by atoms with Crippen molar-refractivity contribution >= 4 is 10.1 Å². The highest BCUT2D eigenvalue weighted by Crippen LogP contribution is 2.40. The van der Waals surface area contributed by atoms with E-state index in [2.05, 4.69) is 4.18 Å². The molecule has 0 unspecified atom stereocenters. The van der Waals surface area contributed by atoms with E-state index >= 15 is 0 Å². The van der Waals surface area contributed by atoms with Gasteiger partial charge in [-0.2, -0.15) is 8.42 Å². The largest absolute Gasteiger partial charge is 0.274 e. The minimum atomic E-state index is -3.16. The molecule has 2 rings (SSSR count). The summed E-state index contributed by atoms with van der Waals surface area (Å²) in [4.78, 5) is 0. The van der Waals surface area contributed by atoms with Gasteiger partial charge in [0.05, 0.1) is 13.4 Å². The van der Waals surface area contributed by atoms with E-state index in [1.807, 2.05) is 12.1 Å². The molecule has 1 aromatic rings. The zero-order chi connectivity index (χ0) is 12.2. The van der Waals surface area contributed by atoms with E-state index in [0.29, 0.717) is 5.92 Å². The number of hydrogen-bond donors (Lipinski definition) is 0. The summed E-state index contributed by atoms with van der Waals surface area (Å²) in [7, 11) is -2.04. The van der Waals surface area contributed by atoms with Crippen LogP contribution < -0.4 is 0 Å². The zero-order valence-corrected chi connectivity index (χ0v) is 10.1. The van der Waals surface area contributed by atoms with Crippen molar-refractivity contribution in [1.82, 2.24) is 0 Å². The monoisotopic (exact) mass is 246 g/mol. The van der Waals surface area contributed by atoms with Crippen LogP contribution in [0.1, 0.15) is 24.3 Å². The first-order valence-electron chi connectivity index (χ1n) is 4.94. The maximum absolute atomic E-state index is 12.9. The van der Waals surface area contributed by atoms with Crippen molar-refractivity contribution in [2.45, 2.75) is 18.8 Å². The van der Waals surface area contributed by atoms with Gasteiger partial charge in [0.25, 0.3) is 10.1 Å². The SMILES string of the molecule is COS(C)(=O)=O.Fc1ccccc1C1CC1. The van der Waals surface area contributed by atoms with E-state index in [1.165, 1.54) is 18.9 Å². The first-order valence-corrected chi connectivity index (χ1v) is 6.75. The molecule has 0 bridgehead atoms. The van der Waals surface area contributed by atoms with Gasteiger partial charge in [0.15, 0.2) is 0 Å². The number of benzene rings is 1. The Kier molecular flexibility index (Phi) is 4.44. The lowest BCUT2D eigenvalue weighted by atomic mass is 10.1. The normalized spacial score (nSPS) is 15.2. The molecule has 0 radical (unpaired) electrons. The number of hydrogen-bond acceptors (Lipinski definition) is 3. The van der Waals surface area contributed by atoms with Crippen LogP contribution in [0.15, 0.2) is 24.3 Å². The van der Waals surface area contributed by atoms with Crippen LogP contribution in [0, 0.1) is 5.82 Å². The third-order valence-electron chi connectivity index (χ3n) is 2.23. The summed E-state index contributed by atoms with van der Waals surface area (Å²) in [6.45, 7) is 0. The molecule has 1 saturated carbocycles. The quantitative estimate of drug-likeness (QED) is 0.752. The third kappa shape index (κ3) is 4.72. The smallest absolute Gasteiger partial charge is 0.264 e. The molecular formula is C11H15FO3S. The van der Waals surface area contributed by atoms with Gasteiger partial charge in [-0.15, -0.1) is 0 Å². The van der Waals surface area contributed by atoms with Gasteiger partial charge < -0.3 is 0 Å². The molecule has 0 atom stereocenters. The van der Waals surface area contributed by atoms with Gasteiger partial charge in [-0.3, -0.25) is 4.18 Å². The summed E-state index contributed by atoms with van der Waals surface area (Å²) < 4.78 is 36.3. The van der Waals surface area contributed by atoms with E-state index in [1.54, 1.807) is 6.07 Å².